The van der Waals surface area contributed by atoms with Crippen molar-refractivity contribution in [3.8, 4) is 0 Å². The first-order valence-corrected chi connectivity index (χ1v) is 6.31. The summed E-state index contributed by atoms with van der Waals surface area (Å²) in [5.74, 6) is 0.765. The molecule has 0 aromatic heterocycles. The highest BCUT2D eigenvalue weighted by Gasteiger charge is 2.16. The van der Waals surface area contributed by atoms with Crippen LogP contribution in [0.25, 0.3) is 0 Å². The first-order chi connectivity index (χ1) is 8.25. The van der Waals surface area contributed by atoms with Gasteiger partial charge >= 0.3 is 0 Å². The van der Waals surface area contributed by atoms with Crippen molar-refractivity contribution >= 4 is 5.91 Å². The second kappa shape index (κ2) is 5.82. The summed E-state index contributed by atoms with van der Waals surface area (Å²) in [6, 6.07) is 9.38. The number of amides is 1. The van der Waals surface area contributed by atoms with E-state index < -0.39 is 0 Å². The number of carbonyl (C=O) groups is 1. The second-order valence-corrected chi connectivity index (χ2v) is 4.85. The fraction of sp³-hybridized carbons (Fsp3) is 0.500. The number of nitrogens with one attached hydrogen (secondary N) is 1. The van der Waals surface area contributed by atoms with E-state index in [0.717, 1.165) is 24.6 Å². The molecule has 1 aromatic carbocycles. The van der Waals surface area contributed by atoms with Crippen molar-refractivity contribution < 1.29 is 4.79 Å². The summed E-state index contributed by atoms with van der Waals surface area (Å²) in [7, 11) is 0. The zero-order chi connectivity index (χ0) is 12.1. The van der Waals surface area contributed by atoms with Crippen molar-refractivity contribution in [3.63, 3.8) is 0 Å². The molecule has 2 rings (SSSR count). The SMILES string of the molecule is C[C@H]1CCCN(CNC(=O)c2ccccc2)C1. The molecular weight excluding hydrogens is 212 g/mol. The van der Waals surface area contributed by atoms with Gasteiger partial charge in [-0.3, -0.25) is 9.69 Å². The number of hydrogen-bond donors (Lipinski definition) is 1. The van der Waals surface area contributed by atoms with Gasteiger partial charge in [0, 0.05) is 12.1 Å². The fourth-order valence-corrected chi connectivity index (χ4v) is 2.31. The number of hydrogen-bond acceptors (Lipinski definition) is 2. The molecule has 0 aliphatic carbocycles. The number of likely N-dealkylation sites (tertiary alicyclic amines) is 1. The van der Waals surface area contributed by atoms with Crippen LogP contribution in [-0.2, 0) is 0 Å². The summed E-state index contributed by atoms with van der Waals surface area (Å²) in [6.45, 7) is 5.12. The number of nitrogens with zero attached hydrogens (tertiary/aromatic N) is 1. The summed E-state index contributed by atoms with van der Waals surface area (Å²) in [5.41, 5.74) is 0.734. The monoisotopic (exact) mass is 232 g/mol. The molecule has 1 fully saturated rings. The van der Waals surface area contributed by atoms with Crippen molar-refractivity contribution in [1.29, 1.82) is 0 Å². The Hall–Kier alpha value is -1.35. The molecule has 0 bridgehead atoms. The fourth-order valence-electron chi connectivity index (χ4n) is 2.31. The third-order valence-corrected chi connectivity index (χ3v) is 3.24. The summed E-state index contributed by atoms with van der Waals surface area (Å²) < 4.78 is 0. The lowest BCUT2D eigenvalue weighted by atomic mass is 10.0. The van der Waals surface area contributed by atoms with Crippen LogP contribution in [0.2, 0.25) is 0 Å². The summed E-state index contributed by atoms with van der Waals surface area (Å²) in [5, 5.41) is 2.98. The van der Waals surface area contributed by atoms with Crippen molar-refractivity contribution in [2.75, 3.05) is 19.8 Å². The van der Waals surface area contributed by atoms with E-state index in [1.165, 1.54) is 12.8 Å². The van der Waals surface area contributed by atoms with Crippen molar-refractivity contribution in [2.24, 2.45) is 5.92 Å². The molecule has 1 saturated heterocycles. The Kier molecular flexibility index (Phi) is 4.15. The molecule has 1 atom stereocenters. The van der Waals surface area contributed by atoms with Gasteiger partial charge in [-0.1, -0.05) is 25.1 Å². The van der Waals surface area contributed by atoms with Gasteiger partial charge in [-0.25, -0.2) is 0 Å². The Labute approximate surface area is 103 Å². The molecule has 1 aromatic rings. The van der Waals surface area contributed by atoms with Crippen LogP contribution in [0.4, 0.5) is 0 Å². The molecule has 1 aliphatic rings. The van der Waals surface area contributed by atoms with Crippen LogP contribution in [0.1, 0.15) is 30.1 Å². The van der Waals surface area contributed by atoms with Crippen molar-refractivity contribution in [1.82, 2.24) is 10.2 Å². The molecule has 1 aliphatic heterocycles. The first kappa shape index (κ1) is 12.1. The van der Waals surface area contributed by atoms with Crippen LogP contribution < -0.4 is 5.32 Å². The largest absolute Gasteiger partial charge is 0.339 e. The average Bonchev–Trinajstić information content (AvgIpc) is 2.37. The molecule has 17 heavy (non-hydrogen) atoms. The number of carbonyl (C=O) groups excluding carboxylic acids is 1. The van der Waals surface area contributed by atoms with E-state index in [1.807, 2.05) is 30.3 Å². The van der Waals surface area contributed by atoms with E-state index in [2.05, 4.69) is 17.1 Å². The van der Waals surface area contributed by atoms with Gasteiger partial charge in [0.2, 0.25) is 0 Å². The normalized spacial score (nSPS) is 21.1. The zero-order valence-corrected chi connectivity index (χ0v) is 10.4. The second-order valence-electron chi connectivity index (χ2n) is 4.85. The number of rotatable bonds is 3. The van der Waals surface area contributed by atoms with Crippen LogP contribution in [-0.4, -0.2) is 30.6 Å². The lowest BCUT2D eigenvalue weighted by molar-refractivity contribution is 0.0900. The van der Waals surface area contributed by atoms with Crippen LogP contribution >= 0.6 is 0 Å². The van der Waals surface area contributed by atoms with Crippen LogP contribution in [0.5, 0.6) is 0 Å². The highest BCUT2D eigenvalue weighted by molar-refractivity contribution is 5.94. The quantitative estimate of drug-likeness (QED) is 0.865. The number of piperidine rings is 1. The maximum Gasteiger partial charge on any atom is 0.252 e. The lowest BCUT2D eigenvalue weighted by Crippen LogP contribution is -2.42. The molecule has 1 heterocycles. The maximum atomic E-state index is 11.8. The van der Waals surface area contributed by atoms with Gasteiger partial charge in [0.15, 0.2) is 0 Å². The van der Waals surface area contributed by atoms with Gasteiger partial charge in [-0.05, 0) is 37.4 Å². The minimum Gasteiger partial charge on any atom is -0.339 e. The Bertz CT molecular complexity index is 364. The van der Waals surface area contributed by atoms with Gasteiger partial charge < -0.3 is 5.32 Å². The highest BCUT2D eigenvalue weighted by atomic mass is 16.1. The Morgan fingerprint density at radius 3 is 2.88 bits per heavy atom. The molecule has 0 unspecified atom stereocenters. The summed E-state index contributed by atoms with van der Waals surface area (Å²) in [4.78, 5) is 14.1. The molecule has 0 spiro atoms. The average molecular weight is 232 g/mol. The Morgan fingerprint density at radius 2 is 2.18 bits per heavy atom. The predicted molar refractivity (Wildman–Crippen MR) is 68.7 cm³/mol. The standard InChI is InChI=1S/C14H20N2O/c1-12-6-5-9-16(10-12)11-15-14(17)13-7-3-2-4-8-13/h2-4,7-8,12H,5-6,9-11H2,1H3,(H,15,17)/t12-/m0/s1. The minimum absolute atomic E-state index is 0.0174. The lowest BCUT2D eigenvalue weighted by Gasteiger charge is -2.30. The maximum absolute atomic E-state index is 11.8. The molecule has 3 nitrogen and oxygen atoms in total. The highest BCUT2D eigenvalue weighted by Crippen LogP contribution is 2.14. The third kappa shape index (κ3) is 3.56. The Morgan fingerprint density at radius 1 is 1.41 bits per heavy atom. The molecule has 1 amide bonds. The van der Waals surface area contributed by atoms with E-state index in [-0.39, 0.29) is 5.91 Å². The minimum atomic E-state index is 0.0174. The molecule has 1 N–H and O–H groups in total. The van der Waals surface area contributed by atoms with Crippen LogP contribution in [0, 0.1) is 5.92 Å². The molecular formula is C14H20N2O. The zero-order valence-electron chi connectivity index (χ0n) is 10.4. The number of benzene rings is 1. The van der Waals surface area contributed by atoms with Crippen molar-refractivity contribution in [2.45, 2.75) is 19.8 Å². The van der Waals surface area contributed by atoms with Crippen molar-refractivity contribution in [3.05, 3.63) is 35.9 Å². The van der Waals surface area contributed by atoms with E-state index in [4.69, 9.17) is 0 Å². The molecule has 3 heteroatoms. The third-order valence-electron chi connectivity index (χ3n) is 3.24. The Balaban J connectivity index is 1.80. The van der Waals surface area contributed by atoms with Crippen LogP contribution in [0.3, 0.4) is 0 Å². The molecule has 0 radical (unpaired) electrons. The van der Waals surface area contributed by atoms with E-state index in [9.17, 15) is 4.79 Å². The first-order valence-electron chi connectivity index (χ1n) is 6.31. The van der Waals surface area contributed by atoms with E-state index in [0.29, 0.717) is 6.67 Å². The topological polar surface area (TPSA) is 32.3 Å². The van der Waals surface area contributed by atoms with E-state index in [1.54, 1.807) is 0 Å². The molecule has 0 saturated carbocycles. The van der Waals surface area contributed by atoms with Gasteiger partial charge in [0.25, 0.3) is 5.91 Å². The predicted octanol–water partition coefficient (Wildman–Crippen LogP) is 2.11. The smallest absolute Gasteiger partial charge is 0.252 e. The summed E-state index contributed by atoms with van der Waals surface area (Å²) >= 11 is 0. The van der Waals surface area contributed by atoms with Gasteiger partial charge in [0.1, 0.15) is 0 Å². The summed E-state index contributed by atoms with van der Waals surface area (Å²) in [6.07, 6.45) is 2.55. The van der Waals surface area contributed by atoms with E-state index >= 15 is 0 Å². The van der Waals surface area contributed by atoms with Gasteiger partial charge in [-0.2, -0.15) is 0 Å². The van der Waals surface area contributed by atoms with Crippen LogP contribution in [0.15, 0.2) is 30.3 Å². The van der Waals surface area contributed by atoms with Gasteiger partial charge in [0.05, 0.1) is 6.67 Å². The van der Waals surface area contributed by atoms with Gasteiger partial charge in [-0.15, -0.1) is 0 Å². The molecule has 92 valence electrons.